The summed E-state index contributed by atoms with van der Waals surface area (Å²) in [5.74, 6) is -0.515. The van der Waals surface area contributed by atoms with E-state index in [2.05, 4.69) is 41.5 Å². The van der Waals surface area contributed by atoms with Crippen molar-refractivity contribution in [3.8, 4) is 0 Å². The maximum absolute atomic E-state index is 13.1. The summed E-state index contributed by atoms with van der Waals surface area (Å²) in [6.07, 6.45) is 67.9. The molecule has 0 fully saturated rings. The zero-order valence-electron chi connectivity index (χ0n) is 68.3. The molecule has 0 aliphatic heterocycles. The highest BCUT2D eigenvalue weighted by Crippen LogP contribution is 2.45. The van der Waals surface area contributed by atoms with Crippen molar-refractivity contribution in [3.05, 3.63) is 0 Å². The van der Waals surface area contributed by atoms with Gasteiger partial charge in [-0.25, -0.2) is 9.13 Å². The lowest BCUT2D eigenvalue weighted by Gasteiger charge is -2.21. The number of esters is 4. The third-order valence-corrected chi connectivity index (χ3v) is 21.9. The molecule has 0 spiro atoms. The van der Waals surface area contributed by atoms with E-state index in [4.69, 9.17) is 37.0 Å². The highest BCUT2D eigenvalue weighted by Gasteiger charge is 2.30. The van der Waals surface area contributed by atoms with Crippen LogP contribution in [0.1, 0.15) is 452 Å². The lowest BCUT2D eigenvalue weighted by atomic mass is 10.0. The number of ether oxygens (including phenoxy) is 4. The monoisotopic (exact) mass is 1520 g/mol. The highest BCUT2D eigenvalue weighted by atomic mass is 31.2. The Bertz CT molecular complexity index is 1990. The molecular formula is C85H166O17P2. The molecule has 19 heteroatoms. The van der Waals surface area contributed by atoms with E-state index in [-0.39, 0.29) is 25.7 Å². The van der Waals surface area contributed by atoms with Gasteiger partial charge in [0.2, 0.25) is 0 Å². The van der Waals surface area contributed by atoms with Crippen molar-refractivity contribution in [2.75, 3.05) is 39.6 Å². The van der Waals surface area contributed by atoms with Gasteiger partial charge in [0.15, 0.2) is 12.2 Å². The predicted octanol–water partition coefficient (Wildman–Crippen LogP) is 25.8. The van der Waals surface area contributed by atoms with Gasteiger partial charge in [0.25, 0.3) is 0 Å². The van der Waals surface area contributed by atoms with Gasteiger partial charge in [-0.15, -0.1) is 0 Å². The Labute approximate surface area is 638 Å². The first-order valence-corrected chi connectivity index (χ1v) is 47.0. The molecule has 0 saturated heterocycles. The topological polar surface area (TPSA) is 237 Å². The summed E-state index contributed by atoms with van der Waals surface area (Å²) in [4.78, 5) is 73.2. The Morgan fingerprint density at radius 2 is 0.442 bits per heavy atom. The standard InChI is InChI=1S/C85H166O17P2/c1-7-9-11-13-15-17-19-21-22-28-32-38-44-50-56-62-68-83(88)96-73-80(101-84(89)69-63-57-51-45-39-33-29-26-24-23-25-27-31-35-41-47-53-59-65-77(3)4)75-99-103(91,92)97-71-79(86)72-98-104(93,94)100-76-81(74-95-82(87)67-61-55-49-43-37-30-20-18-16-14-12-10-8-2)102-85(90)70-64-58-52-46-40-34-36-42-48-54-60-66-78(5)6/h77-81,86H,7-76H2,1-6H3,(H,91,92)(H,93,94)/t79-,80-,81-/m1/s1. The number of phosphoric acid groups is 2. The molecule has 5 atom stereocenters. The minimum Gasteiger partial charge on any atom is -0.462 e. The van der Waals surface area contributed by atoms with Gasteiger partial charge >= 0.3 is 39.5 Å². The van der Waals surface area contributed by atoms with Crippen LogP contribution in [0, 0.1) is 11.8 Å². The molecule has 0 aromatic heterocycles. The first-order valence-electron chi connectivity index (χ1n) is 44.0. The lowest BCUT2D eigenvalue weighted by molar-refractivity contribution is -0.161. The Kier molecular flexibility index (Phi) is 75.0. The van der Waals surface area contributed by atoms with Gasteiger partial charge in [-0.05, 0) is 37.5 Å². The Hall–Kier alpha value is -1.94. The fraction of sp³-hybridized carbons (Fsp3) is 0.953. The molecule has 0 rings (SSSR count). The number of rotatable bonds is 84. The molecule has 17 nitrogen and oxygen atoms in total. The smallest absolute Gasteiger partial charge is 0.462 e. The van der Waals surface area contributed by atoms with Gasteiger partial charge in [0.05, 0.1) is 26.4 Å². The summed E-state index contributed by atoms with van der Waals surface area (Å²) in [5.41, 5.74) is 0. The van der Waals surface area contributed by atoms with E-state index in [9.17, 15) is 43.2 Å². The van der Waals surface area contributed by atoms with Crippen molar-refractivity contribution in [2.45, 2.75) is 471 Å². The molecule has 0 heterocycles. The van der Waals surface area contributed by atoms with E-state index in [0.29, 0.717) is 25.7 Å². The zero-order chi connectivity index (χ0) is 76.4. The summed E-state index contributed by atoms with van der Waals surface area (Å²) in [7, 11) is -9.93. The van der Waals surface area contributed by atoms with E-state index in [0.717, 1.165) is 102 Å². The maximum atomic E-state index is 13.1. The van der Waals surface area contributed by atoms with Crippen LogP contribution in [-0.4, -0.2) is 96.7 Å². The van der Waals surface area contributed by atoms with E-state index < -0.39 is 97.5 Å². The van der Waals surface area contributed by atoms with Crippen LogP contribution in [0.3, 0.4) is 0 Å². The molecule has 3 N–H and O–H groups in total. The van der Waals surface area contributed by atoms with Gasteiger partial charge in [-0.3, -0.25) is 37.3 Å². The third-order valence-electron chi connectivity index (χ3n) is 20.0. The maximum Gasteiger partial charge on any atom is 0.472 e. The molecule has 0 aromatic rings. The molecule has 0 radical (unpaired) electrons. The second-order valence-corrected chi connectivity index (χ2v) is 34.4. The summed E-state index contributed by atoms with van der Waals surface area (Å²) < 4.78 is 68.9. The summed E-state index contributed by atoms with van der Waals surface area (Å²) in [5, 5.41) is 10.7. The largest absolute Gasteiger partial charge is 0.472 e. The van der Waals surface area contributed by atoms with Crippen molar-refractivity contribution in [1.29, 1.82) is 0 Å². The minimum atomic E-state index is -4.96. The quantitative estimate of drug-likeness (QED) is 0.0222. The van der Waals surface area contributed by atoms with Gasteiger partial charge < -0.3 is 33.8 Å². The second-order valence-electron chi connectivity index (χ2n) is 31.5. The van der Waals surface area contributed by atoms with Crippen LogP contribution < -0.4 is 0 Å². The van der Waals surface area contributed by atoms with Crippen molar-refractivity contribution < 1.29 is 80.2 Å². The average molecular weight is 1520 g/mol. The summed E-state index contributed by atoms with van der Waals surface area (Å²) in [6, 6.07) is 0. The van der Waals surface area contributed by atoms with Crippen molar-refractivity contribution in [2.24, 2.45) is 11.8 Å². The fourth-order valence-corrected chi connectivity index (χ4v) is 14.8. The fourth-order valence-electron chi connectivity index (χ4n) is 13.2. The summed E-state index contributed by atoms with van der Waals surface area (Å²) >= 11 is 0. The van der Waals surface area contributed by atoms with Crippen LogP contribution in [0.25, 0.3) is 0 Å². The van der Waals surface area contributed by atoms with Gasteiger partial charge in [-0.2, -0.15) is 0 Å². The number of carbonyl (C=O) groups excluding carboxylic acids is 4. The minimum absolute atomic E-state index is 0.107. The summed E-state index contributed by atoms with van der Waals surface area (Å²) in [6.45, 7) is 9.71. The van der Waals surface area contributed by atoms with Crippen LogP contribution in [0.2, 0.25) is 0 Å². The Balaban J connectivity index is 5.25. The molecular weight excluding hydrogens is 1350 g/mol. The number of hydrogen-bond acceptors (Lipinski definition) is 15. The normalized spacial score (nSPS) is 13.8. The molecule has 0 aliphatic rings. The number of phosphoric ester groups is 2. The molecule has 0 aliphatic carbocycles. The van der Waals surface area contributed by atoms with E-state index in [1.807, 2.05) is 0 Å². The number of unbranched alkanes of at least 4 members (excludes halogenated alkanes) is 54. The van der Waals surface area contributed by atoms with Crippen LogP contribution in [0.5, 0.6) is 0 Å². The predicted molar refractivity (Wildman–Crippen MR) is 428 cm³/mol. The Morgan fingerprint density at radius 3 is 0.654 bits per heavy atom. The molecule has 0 amide bonds. The van der Waals surface area contributed by atoms with E-state index >= 15 is 0 Å². The van der Waals surface area contributed by atoms with Crippen molar-refractivity contribution in [1.82, 2.24) is 0 Å². The first-order chi connectivity index (χ1) is 50.4. The van der Waals surface area contributed by atoms with Crippen LogP contribution in [0.15, 0.2) is 0 Å². The highest BCUT2D eigenvalue weighted by molar-refractivity contribution is 7.47. The Morgan fingerprint density at radius 1 is 0.260 bits per heavy atom. The van der Waals surface area contributed by atoms with Gasteiger partial charge in [0.1, 0.15) is 19.3 Å². The number of carbonyl (C=O) groups is 4. The first kappa shape index (κ1) is 102. The molecule has 0 saturated carbocycles. The number of aliphatic hydroxyl groups excluding tert-OH is 1. The van der Waals surface area contributed by atoms with Gasteiger partial charge in [0, 0.05) is 25.7 Å². The molecule has 0 aromatic carbocycles. The van der Waals surface area contributed by atoms with Crippen LogP contribution in [-0.2, 0) is 65.4 Å². The van der Waals surface area contributed by atoms with Crippen LogP contribution >= 0.6 is 15.6 Å². The molecule has 104 heavy (non-hydrogen) atoms. The average Bonchev–Trinajstić information content (AvgIpc) is 0.908. The third kappa shape index (κ3) is 78.2. The number of aliphatic hydroxyl groups is 1. The van der Waals surface area contributed by atoms with Crippen molar-refractivity contribution >= 4 is 39.5 Å². The van der Waals surface area contributed by atoms with Crippen molar-refractivity contribution in [3.63, 3.8) is 0 Å². The van der Waals surface area contributed by atoms with E-state index in [1.54, 1.807) is 0 Å². The number of hydrogen-bond donors (Lipinski definition) is 3. The SMILES string of the molecule is CCCCCCCCCCCCCCCCCCC(=O)OC[C@H](COP(=O)(O)OC[C@@H](O)COP(=O)(O)OC[C@@H](COC(=O)CCCCCCCCCCCCCCC)OC(=O)CCCCCCCCCCCCCC(C)C)OC(=O)CCCCCCCCCCCCCCCCCCCCC(C)C. The second kappa shape index (κ2) is 76.4. The molecule has 2 unspecified atom stereocenters. The van der Waals surface area contributed by atoms with E-state index in [1.165, 1.54) is 270 Å². The lowest BCUT2D eigenvalue weighted by Crippen LogP contribution is -2.30. The molecule has 618 valence electrons. The van der Waals surface area contributed by atoms with Gasteiger partial charge in [-0.1, -0.05) is 401 Å². The molecule has 0 bridgehead atoms. The zero-order valence-corrected chi connectivity index (χ0v) is 70.1. The van der Waals surface area contributed by atoms with Crippen LogP contribution in [0.4, 0.5) is 0 Å².